The fourth-order valence-electron chi connectivity index (χ4n) is 2.39. The van der Waals surface area contributed by atoms with Crippen LogP contribution in [0.15, 0.2) is 65.6 Å². The lowest BCUT2D eigenvalue weighted by Crippen LogP contribution is -2.23. The van der Waals surface area contributed by atoms with Gasteiger partial charge in [0.25, 0.3) is 0 Å². The van der Waals surface area contributed by atoms with E-state index in [1.54, 1.807) is 42.5 Å². The van der Waals surface area contributed by atoms with Crippen LogP contribution in [0.2, 0.25) is 10.0 Å². The molecule has 0 amide bonds. The summed E-state index contributed by atoms with van der Waals surface area (Å²) in [5.41, 5.74) is 0.785. The van der Waals surface area contributed by atoms with E-state index in [0.717, 1.165) is 10.9 Å². The second kappa shape index (κ2) is 6.49. The summed E-state index contributed by atoms with van der Waals surface area (Å²) in [6, 6.07) is 17.4. The molecule has 0 atom stereocenters. The molecule has 0 spiro atoms. The lowest BCUT2D eigenvalue weighted by atomic mass is 10.1. The molecule has 0 aliphatic rings. The van der Waals surface area contributed by atoms with Crippen LogP contribution in [0.4, 0.5) is 0 Å². The maximum atomic E-state index is 12.7. The van der Waals surface area contributed by atoms with Crippen LogP contribution in [-0.4, -0.2) is 8.42 Å². The van der Waals surface area contributed by atoms with Gasteiger partial charge >= 0.3 is 0 Å². The lowest BCUT2D eigenvalue weighted by Gasteiger charge is -2.11. The Kier molecular flexibility index (Phi) is 4.60. The van der Waals surface area contributed by atoms with Crippen molar-refractivity contribution < 1.29 is 8.42 Å². The standard InChI is InChI=1S/C17H13Cl2NO2S/c18-14-7-1-4-12(10-14)11-20-23(21,22)16-9-3-6-13-5-2-8-15(19)17(13)16/h1-10,20H,11H2. The highest BCUT2D eigenvalue weighted by molar-refractivity contribution is 7.89. The highest BCUT2D eigenvalue weighted by Crippen LogP contribution is 2.29. The Bertz CT molecular complexity index is 966. The predicted octanol–water partition coefficient (Wildman–Crippen LogP) is 4.63. The SMILES string of the molecule is O=S(=O)(NCc1cccc(Cl)c1)c1cccc2cccc(Cl)c12. The summed E-state index contributed by atoms with van der Waals surface area (Å²) in [5.74, 6) is 0. The van der Waals surface area contributed by atoms with Gasteiger partial charge in [-0.1, -0.05) is 59.6 Å². The minimum atomic E-state index is -3.70. The number of benzene rings is 3. The van der Waals surface area contributed by atoms with E-state index in [9.17, 15) is 8.42 Å². The fraction of sp³-hybridized carbons (Fsp3) is 0.0588. The average molecular weight is 366 g/mol. The number of hydrogen-bond acceptors (Lipinski definition) is 2. The maximum Gasteiger partial charge on any atom is 0.241 e. The smallest absolute Gasteiger partial charge is 0.207 e. The number of sulfonamides is 1. The summed E-state index contributed by atoms with van der Waals surface area (Å²) in [6.07, 6.45) is 0. The zero-order chi connectivity index (χ0) is 16.4. The Labute approximate surface area is 144 Å². The number of fused-ring (bicyclic) bond motifs is 1. The van der Waals surface area contributed by atoms with Crippen molar-refractivity contribution >= 4 is 44.0 Å². The largest absolute Gasteiger partial charge is 0.241 e. The van der Waals surface area contributed by atoms with Gasteiger partial charge in [0, 0.05) is 22.0 Å². The fourth-order valence-corrected chi connectivity index (χ4v) is 4.21. The Hall–Kier alpha value is -1.59. The minimum absolute atomic E-state index is 0.156. The molecule has 23 heavy (non-hydrogen) atoms. The summed E-state index contributed by atoms with van der Waals surface area (Å²) in [5, 5.41) is 2.28. The lowest BCUT2D eigenvalue weighted by molar-refractivity contribution is 0.582. The molecule has 0 saturated carbocycles. The van der Waals surface area contributed by atoms with Crippen LogP contribution in [-0.2, 0) is 16.6 Å². The van der Waals surface area contributed by atoms with E-state index in [1.807, 2.05) is 18.2 Å². The van der Waals surface area contributed by atoms with Crippen LogP contribution in [0.25, 0.3) is 10.8 Å². The van der Waals surface area contributed by atoms with Gasteiger partial charge in [-0.15, -0.1) is 0 Å². The average Bonchev–Trinajstić information content (AvgIpc) is 2.53. The molecule has 0 bridgehead atoms. The topological polar surface area (TPSA) is 46.2 Å². The van der Waals surface area contributed by atoms with Gasteiger partial charge in [0.15, 0.2) is 0 Å². The molecule has 1 N–H and O–H groups in total. The minimum Gasteiger partial charge on any atom is -0.207 e. The molecule has 6 heteroatoms. The monoisotopic (exact) mass is 365 g/mol. The van der Waals surface area contributed by atoms with E-state index < -0.39 is 10.0 Å². The highest BCUT2D eigenvalue weighted by atomic mass is 35.5. The van der Waals surface area contributed by atoms with Crippen LogP contribution in [0.5, 0.6) is 0 Å². The molecule has 0 unspecified atom stereocenters. The van der Waals surface area contributed by atoms with Gasteiger partial charge in [-0.2, -0.15) is 0 Å². The Morgan fingerprint density at radius 3 is 2.35 bits per heavy atom. The molecular formula is C17H13Cl2NO2S. The third kappa shape index (κ3) is 3.51. The maximum absolute atomic E-state index is 12.7. The van der Waals surface area contributed by atoms with Crippen molar-refractivity contribution in [3.8, 4) is 0 Å². The van der Waals surface area contributed by atoms with Crippen molar-refractivity contribution in [3.05, 3.63) is 76.3 Å². The Morgan fingerprint density at radius 1 is 0.913 bits per heavy atom. The molecule has 0 aromatic heterocycles. The van der Waals surface area contributed by atoms with Crippen molar-refractivity contribution in [3.63, 3.8) is 0 Å². The van der Waals surface area contributed by atoms with E-state index in [2.05, 4.69) is 4.72 Å². The van der Waals surface area contributed by atoms with E-state index in [0.29, 0.717) is 15.4 Å². The number of hydrogen-bond donors (Lipinski definition) is 1. The number of halogens is 2. The van der Waals surface area contributed by atoms with Crippen LogP contribution in [0.1, 0.15) is 5.56 Å². The molecule has 0 aliphatic carbocycles. The van der Waals surface area contributed by atoms with E-state index in [1.165, 1.54) is 0 Å². The van der Waals surface area contributed by atoms with E-state index in [-0.39, 0.29) is 11.4 Å². The summed E-state index contributed by atoms with van der Waals surface area (Å²) < 4.78 is 27.9. The zero-order valence-corrected chi connectivity index (χ0v) is 14.3. The summed E-state index contributed by atoms with van der Waals surface area (Å²) in [7, 11) is -3.70. The van der Waals surface area contributed by atoms with E-state index in [4.69, 9.17) is 23.2 Å². The van der Waals surface area contributed by atoms with Gasteiger partial charge in [-0.25, -0.2) is 13.1 Å². The third-order valence-corrected chi connectivity index (χ3v) is 5.45. The van der Waals surface area contributed by atoms with Crippen molar-refractivity contribution in [2.24, 2.45) is 0 Å². The predicted molar refractivity (Wildman–Crippen MR) is 94.4 cm³/mol. The van der Waals surface area contributed by atoms with Gasteiger partial charge in [0.05, 0.1) is 4.90 Å². The zero-order valence-electron chi connectivity index (χ0n) is 12.0. The number of rotatable bonds is 4. The quantitative estimate of drug-likeness (QED) is 0.732. The third-order valence-electron chi connectivity index (χ3n) is 3.46. The second-order valence-electron chi connectivity index (χ2n) is 5.05. The van der Waals surface area contributed by atoms with Gasteiger partial charge in [0.1, 0.15) is 0 Å². The Balaban J connectivity index is 1.97. The van der Waals surface area contributed by atoms with Crippen molar-refractivity contribution in [1.29, 1.82) is 0 Å². The second-order valence-corrected chi connectivity index (χ2v) is 7.63. The molecule has 0 fully saturated rings. The molecule has 3 nitrogen and oxygen atoms in total. The first-order valence-corrected chi connectivity index (χ1v) is 9.13. The molecule has 3 rings (SSSR count). The van der Waals surface area contributed by atoms with Gasteiger partial charge in [-0.3, -0.25) is 0 Å². The van der Waals surface area contributed by atoms with Gasteiger partial charge in [0.2, 0.25) is 10.0 Å². The normalized spacial score (nSPS) is 11.7. The molecule has 3 aromatic carbocycles. The molecule has 0 saturated heterocycles. The van der Waals surface area contributed by atoms with Crippen LogP contribution < -0.4 is 4.72 Å². The summed E-state index contributed by atoms with van der Waals surface area (Å²) >= 11 is 12.1. The first-order chi connectivity index (χ1) is 11.0. The Morgan fingerprint density at radius 2 is 1.61 bits per heavy atom. The van der Waals surface area contributed by atoms with Crippen LogP contribution >= 0.6 is 23.2 Å². The first-order valence-electron chi connectivity index (χ1n) is 6.89. The van der Waals surface area contributed by atoms with Crippen molar-refractivity contribution in [2.75, 3.05) is 0 Å². The highest BCUT2D eigenvalue weighted by Gasteiger charge is 2.18. The van der Waals surface area contributed by atoms with Crippen LogP contribution in [0, 0.1) is 0 Å². The number of nitrogens with one attached hydrogen (secondary N) is 1. The van der Waals surface area contributed by atoms with Crippen molar-refractivity contribution in [1.82, 2.24) is 4.72 Å². The van der Waals surface area contributed by atoms with E-state index >= 15 is 0 Å². The molecule has 118 valence electrons. The van der Waals surface area contributed by atoms with Gasteiger partial charge < -0.3 is 0 Å². The molecule has 0 heterocycles. The van der Waals surface area contributed by atoms with Gasteiger partial charge in [-0.05, 0) is 35.2 Å². The summed E-state index contributed by atoms with van der Waals surface area (Å²) in [6.45, 7) is 0.156. The summed E-state index contributed by atoms with van der Waals surface area (Å²) in [4.78, 5) is 0.169. The first kappa shape index (κ1) is 16.3. The molecule has 0 radical (unpaired) electrons. The molecule has 0 aliphatic heterocycles. The molecular weight excluding hydrogens is 353 g/mol. The van der Waals surface area contributed by atoms with Crippen LogP contribution in [0.3, 0.4) is 0 Å². The van der Waals surface area contributed by atoms with Crippen molar-refractivity contribution in [2.45, 2.75) is 11.4 Å². The molecule has 3 aromatic rings.